The molecule has 3 rings (SSSR count). The quantitative estimate of drug-likeness (QED) is 0.337. The van der Waals surface area contributed by atoms with Gasteiger partial charge in [-0.25, -0.2) is 5.43 Å². The molecule has 0 aliphatic carbocycles. The van der Waals surface area contributed by atoms with Gasteiger partial charge in [0.25, 0.3) is 5.91 Å². The summed E-state index contributed by atoms with van der Waals surface area (Å²) in [5.41, 5.74) is 4.21. The minimum absolute atomic E-state index is 0.172. The third-order valence-electron chi connectivity index (χ3n) is 3.74. The van der Waals surface area contributed by atoms with Gasteiger partial charge in [-0.05, 0) is 24.6 Å². The highest BCUT2D eigenvalue weighted by Gasteiger charge is 2.14. The number of thioether (sulfide) groups is 1. The van der Waals surface area contributed by atoms with E-state index in [4.69, 9.17) is 23.2 Å². The van der Waals surface area contributed by atoms with E-state index >= 15 is 0 Å². The molecule has 2 aromatic carbocycles. The van der Waals surface area contributed by atoms with Crippen LogP contribution in [0.25, 0.3) is 11.4 Å². The van der Waals surface area contributed by atoms with Crippen LogP contribution in [-0.4, -0.2) is 32.6 Å². The zero-order chi connectivity index (χ0) is 19.9. The van der Waals surface area contributed by atoms with E-state index in [9.17, 15) is 4.79 Å². The van der Waals surface area contributed by atoms with E-state index in [0.717, 1.165) is 17.0 Å². The van der Waals surface area contributed by atoms with Gasteiger partial charge in [0.05, 0.1) is 22.0 Å². The molecule has 144 valence electrons. The van der Waals surface area contributed by atoms with Gasteiger partial charge in [0.2, 0.25) is 0 Å². The van der Waals surface area contributed by atoms with Gasteiger partial charge >= 0.3 is 0 Å². The molecule has 0 aliphatic heterocycles. The number of nitrogens with one attached hydrogen (secondary N) is 1. The Labute approximate surface area is 177 Å². The van der Waals surface area contributed by atoms with Crippen molar-refractivity contribution in [1.29, 1.82) is 0 Å². The number of hydrogen-bond donors (Lipinski definition) is 1. The van der Waals surface area contributed by atoms with Gasteiger partial charge in [0.15, 0.2) is 11.0 Å². The second-order valence-electron chi connectivity index (χ2n) is 5.67. The van der Waals surface area contributed by atoms with E-state index in [2.05, 4.69) is 20.7 Å². The maximum absolute atomic E-state index is 12.1. The third kappa shape index (κ3) is 5.13. The molecule has 1 aromatic heterocycles. The highest BCUT2D eigenvalue weighted by Crippen LogP contribution is 2.24. The third-order valence-corrected chi connectivity index (χ3v) is 5.45. The summed E-state index contributed by atoms with van der Waals surface area (Å²) in [7, 11) is 0. The lowest BCUT2D eigenvalue weighted by Crippen LogP contribution is -2.20. The van der Waals surface area contributed by atoms with Crippen molar-refractivity contribution in [3.8, 4) is 11.4 Å². The molecular formula is C19H17Cl2N5OS. The predicted molar refractivity (Wildman–Crippen MR) is 114 cm³/mol. The fraction of sp³-hybridized carbons (Fsp3) is 0.158. The molecule has 9 heteroatoms. The van der Waals surface area contributed by atoms with Gasteiger partial charge in [-0.2, -0.15) is 5.10 Å². The number of hydrogen-bond acceptors (Lipinski definition) is 5. The molecule has 0 radical (unpaired) electrons. The summed E-state index contributed by atoms with van der Waals surface area (Å²) in [5, 5.41) is 14.0. The van der Waals surface area contributed by atoms with E-state index in [0.29, 0.717) is 21.7 Å². The van der Waals surface area contributed by atoms with Gasteiger partial charge in [0.1, 0.15) is 0 Å². The molecule has 3 aromatic rings. The van der Waals surface area contributed by atoms with Gasteiger partial charge in [-0.3, -0.25) is 4.79 Å². The Bertz CT molecular complexity index is 991. The smallest absolute Gasteiger partial charge is 0.250 e. The molecule has 0 spiro atoms. The first-order valence-corrected chi connectivity index (χ1v) is 10.2. The summed E-state index contributed by atoms with van der Waals surface area (Å²) in [5.74, 6) is 0.711. The number of halogens is 2. The first kappa shape index (κ1) is 20.4. The Morgan fingerprint density at radius 3 is 2.68 bits per heavy atom. The van der Waals surface area contributed by atoms with Crippen LogP contribution in [0, 0.1) is 0 Å². The first-order chi connectivity index (χ1) is 13.6. The molecule has 0 atom stereocenters. The van der Waals surface area contributed by atoms with Crippen molar-refractivity contribution in [1.82, 2.24) is 20.2 Å². The number of aromatic nitrogens is 3. The first-order valence-electron chi connectivity index (χ1n) is 8.47. The number of amides is 1. The fourth-order valence-electron chi connectivity index (χ4n) is 2.42. The van der Waals surface area contributed by atoms with Crippen LogP contribution in [0.15, 0.2) is 58.8 Å². The van der Waals surface area contributed by atoms with Crippen molar-refractivity contribution in [2.75, 3.05) is 5.75 Å². The molecule has 0 fully saturated rings. The average Bonchev–Trinajstić information content (AvgIpc) is 3.12. The minimum Gasteiger partial charge on any atom is -0.302 e. The lowest BCUT2D eigenvalue weighted by Gasteiger charge is -2.06. The average molecular weight is 434 g/mol. The van der Waals surface area contributed by atoms with Crippen LogP contribution in [0.2, 0.25) is 10.0 Å². The van der Waals surface area contributed by atoms with Crippen LogP contribution < -0.4 is 5.43 Å². The summed E-state index contributed by atoms with van der Waals surface area (Å²) >= 11 is 13.1. The maximum Gasteiger partial charge on any atom is 0.250 e. The molecular weight excluding hydrogens is 417 g/mol. The van der Waals surface area contributed by atoms with Gasteiger partial charge in [0, 0.05) is 12.1 Å². The van der Waals surface area contributed by atoms with Crippen LogP contribution in [-0.2, 0) is 11.3 Å². The number of rotatable bonds is 7. The van der Waals surface area contributed by atoms with Gasteiger partial charge in [-0.1, -0.05) is 71.4 Å². The van der Waals surface area contributed by atoms with E-state index < -0.39 is 0 Å². The highest BCUT2D eigenvalue weighted by molar-refractivity contribution is 7.99. The second kappa shape index (κ2) is 9.73. The Hall–Kier alpha value is -2.35. The van der Waals surface area contributed by atoms with Crippen LogP contribution in [0.5, 0.6) is 0 Å². The molecule has 6 nitrogen and oxygen atoms in total. The fourth-order valence-corrected chi connectivity index (χ4v) is 3.52. The zero-order valence-electron chi connectivity index (χ0n) is 15.0. The van der Waals surface area contributed by atoms with E-state index in [-0.39, 0.29) is 11.7 Å². The molecule has 0 saturated carbocycles. The Balaban J connectivity index is 1.58. The maximum atomic E-state index is 12.1. The Morgan fingerprint density at radius 1 is 1.18 bits per heavy atom. The molecule has 0 bridgehead atoms. The predicted octanol–water partition coefficient (Wildman–Crippen LogP) is 4.51. The number of carbonyl (C=O) groups excluding carboxylic acids is 1. The number of nitrogens with zero attached hydrogens (tertiary/aromatic N) is 4. The number of hydrazone groups is 1. The van der Waals surface area contributed by atoms with Gasteiger partial charge in [-0.15, -0.1) is 10.2 Å². The largest absolute Gasteiger partial charge is 0.302 e. The lowest BCUT2D eigenvalue weighted by molar-refractivity contribution is -0.118. The van der Waals surface area contributed by atoms with E-state index in [1.807, 2.05) is 41.8 Å². The summed E-state index contributed by atoms with van der Waals surface area (Å²) in [6.07, 6.45) is 1.51. The van der Waals surface area contributed by atoms with E-state index in [1.165, 1.54) is 18.0 Å². The molecule has 0 unspecified atom stereocenters. The van der Waals surface area contributed by atoms with Crippen molar-refractivity contribution in [2.24, 2.45) is 5.10 Å². The highest BCUT2D eigenvalue weighted by atomic mass is 35.5. The van der Waals surface area contributed by atoms with Crippen LogP contribution in [0.1, 0.15) is 12.5 Å². The lowest BCUT2D eigenvalue weighted by atomic mass is 10.2. The molecule has 1 heterocycles. The topological polar surface area (TPSA) is 72.2 Å². The molecule has 0 aliphatic rings. The second-order valence-corrected chi connectivity index (χ2v) is 7.43. The SMILES string of the molecule is CCn1c(SCC(=O)NN=Cc2ccc(Cl)c(Cl)c2)nnc1-c1ccccc1. The van der Waals surface area contributed by atoms with Crippen molar-refractivity contribution < 1.29 is 4.79 Å². The number of carbonyl (C=O) groups is 1. The summed E-state index contributed by atoms with van der Waals surface area (Å²) in [4.78, 5) is 12.1. The zero-order valence-corrected chi connectivity index (χ0v) is 17.3. The standard InChI is InChI=1S/C19H17Cl2N5OS/c1-2-26-18(14-6-4-3-5-7-14)24-25-19(26)28-12-17(27)23-22-11-13-8-9-15(20)16(21)10-13/h3-11H,2,12H2,1H3,(H,23,27). The van der Waals surface area contributed by atoms with Crippen molar-refractivity contribution in [3.05, 3.63) is 64.1 Å². The van der Waals surface area contributed by atoms with Gasteiger partial charge < -0.3 is 4.57 Å². The summed E-state index contributed by atoms with van der Waals surface area (Å²) in [6, 6.07) is 14.9. The summed E-state index contributed by atoms with van der Waals surface area (Å²) < 4.78 is 1.98. The number of benzene rings is 2. The van der Waals surface area contributed by atoms with Crippen molar-refractivity contribution in [2.45, 2.75) is 18.6 Å². The Kier molecular flexibility index (Phi) is 7.08. The summed E-state index contributed by atoms with van der Waals surface area (Å²) in [6.45, 7) is 2.72. The molecule has 28 heavy (non-hydrogen) atoms. The van der Waals surface area contributed by atoms with Crippen molar-refractivity contribution in [3.63, 3.8) is 0 Å². The molecule has 1 N–H and O–H groups in total. The molecule has 1 amide bonds. The van der Waals surface area contributed by atoms with Crippen LogP contribution in [0.3, 0.4) is 0 Å². The van der Waals surface area contributed by atoms with Crippen molar-refractivity contribution >= 4 is 47.1 Å². The van der Waals surface area contributed by atoms with Crippen LogP contribution >= 0.6 is 35.0 Å². The van der Waals surface area contributed by atoms with Crippen LogP contribution in [0.4, 0.5) is 0 Å². The minimum atomic E-state index is -0.242. The normalized spacial score (nSPS) is 11.1. The molecule has 0 saturated heterocycles. The monoisotopic (exact) mass is 433 g/mol. The Morgan fingerprint density at radius 2 is 1.96 bits per heavy atom. The van der Waals surface area contributed by atoms with E-state index in [1.54, 1.807) is 18.2 Å².